The Morgan fingerprint density at radius 1 is 1.07 bits per heavy atom. The summed E-state index contributed by atoms with van der Waals surface area (Å²) in [5.74, 6) is -0.189. The van der Waals surface area contributed by atoms with Crippen LogP contribution in [0.1, 0.15) is 37.1 Å². The number of aryl methyl sites for hydroxylation is 2. The lowest BCUT2D eigenvalue weighted by molar-refractivity contribution is -0.114. The van der Waals surface area contributed by atoms with Gasteiger partial charge in [0.15, 0.2) is 0 Å². The SMILES string of the molecule is Cc1nn(C)c(C)c1NC(=O)CNc1ccc(S(=O)(=O)N2CCCCCC2)cc1. The number of nitrogens with zero attached hydrogens (tertiary/aromatic N) is 3. The Morgan fingerprint density at radius 3 is 2.24 bits per heavy atom. The molecular formula is C20H29N5O3S. The van der Waals surface area contributed by atoms with Crippen molar-refractivity contribution in [2.75, 3.05) is 30.3 Å². The molecular weight excluding hydrogens is 390 g/mol. The second kappa shape index (κ2) is 8.96. The molecule has 0 aliphatic carbocycles. The molecule has 1 amide bonds. The third kappa shape index (κ3) is 4.97. The van der Waals surface area contributed by atoms with Gasteiger partial charge in [-0.1, -0.05) is 12.8 Å². The molecule has 2 aromatic rings. The minimum atomic E-state index is -3.46. The summed E-state index contributed by atoms with van der Waals surface area (Å²) in [4.78, 5) is 12.5. The highest BCUT2D eigenvalue weighted by Crippen LogP contribution is 2.22. The molecule has 1 saturated heterocycles. The maximum Gasteiger partial charge on any atom is 0.243 e. The molecule has 1 aromatic heterocycles. The van der Waals surface area contributed by atoms with Crippen LogP contribution in [0.4, 0.5) is 11.4 Å². The summed E-state index contributed by atoms with van der Waals surface area (Å²) >= 11 is 0. The van der Waals surface area contributed by atoms with Crippen LogP contribution in [0.25, 0.3) is 0 Å². The van der Waals surface area contributed by atoms with E-state index in [0.717, 1.165) is 42.8 Å². The van der Waals surface area contributed by atoms with Crippen LogP contribution in [0.5, 0.6) is 0 Å². The molecule has 29 heavy (non-hydrogen) atoms. The number of sulfonamides is 1. The Morgan fingerprint density at radius 2 is 1.69 bits per heavy atom. The van der Waals surface area contributed by atoms with Gasteiger partial charge in [0.1, 0.15) is 0 Å². The first-order valence-corrected chi connectivity index (χ1v) is 11.4. The van der Waals surface area contributed by atoms with Crippen LogP contribution in [0.3, 0.4) is 0 Å². The average Bonchev–Trinajstić information content (AvgIpc) is 2.92. The van der Waals surface area contributed by atoms with Crippen LogP contribution in [-0.4, -0.2) is 48.0 Å². The topological polar surface area (TPSA) is 96.3 Å². The number of carbonyl (C=O) groups is 1. The normalized spacial score (nSPS) is 15.7. The summed E-state index contributed by atoms with van der Waals surface area (Å²) < 4.78 is 28.9. The highest BCUT2D eigenvalue weighted by Gasteiger charge is 2.24. The fourth-order valence-electron chi connectivity index (χ4n) is 3.50. The Kier molecular flexibility index (Phi) is 6.59. The van der Waals surface area contributed by atoms with Gasteiger partial charge in [-0.25, -0.2) is 8.42 Å². The van der Waals surface area contributed by atoms with Crippen molar-refractivity contribution in [1.82, 2.24) is 14.1 Å². The lowest BCUT2D eigenvalue weighted by Gasteiger charge is -2.20. The van der Waals surface area contributed by atoms with Gasteiger partial charge < -0.3 is 10.6 Å². The highest BCUT2D eigenvalue weighted by atomic mass is 32.2. The van der Waals surface area contributed by atoms with Crippen LogP contribution >= 0.6 is 0 Å². The zero-order valence-corrected chi connectivity index (χ0v) is 18.1. The van der Waals surface area contributed by atoms with Gasteiger partial charge in [-0.05, 0) is 51.0 Å². The molecule has 0 saturated carbocycles. The molecule has 3 rings (SSSR count). The van der Waals surface area contributed by atoms with Crippen molar-refractivity contribution in [3.63, 3.8) is 0 Å². The Hall–Kier alpha value is -2.39. The van der Waals surface area contributed by atoms with Crippen molar-refractivity contribution in [2.24, 2.45) is 7.05 Å². The molecule has 0 bridgehead atoms. The summed E-state index contributed by atoms with van der Waals surface area (Å²) in [5, 5.41) is 10.2. The van der Waals surface area contributed by atoms with Gasteiger partial charge in [0.2, 0.25) is 15.9 Å². The Labute approximate surface area is 172 Å². The van der Waals surface area contributed by atoms with E-state index in [1.165, 1.54) is 0 Å². The molecule has 9 heteroatoms. The number of rotatable bonds is 6. The van der Waals surface area contributed by atoms with E-state index < -0.39 is 10.0 Å². The molecule has 2 heterocycles. The average molecular weight is 420 g/mol. The second-order valence-corrected chi connectivity index (χ2v) is 9.35. The lowest BCUT2D eigenvalue weighted by Crippen LogP contribution is -2.31. The van der Waals surface area contributed by atoms with E-state index in [2.05, 4.69) is 15.7 Å². The third-order valence-corrected chi connectivity index (χ3v) is 7.20. The molecule has 1 aromatic carbocycles. The van der Waals surface area contributed by atoms with E-state index in [0.29, 0.717) is 18.8 Å². The molecule has 0 radical (unpaired) electrons. The maximum absolute atomic E-state index is 12.8. The summed E-state index contributed by atoms with van der Waals surface area (Å²) in [6.07, 6.45) is 3.97. The van der Waals surface area contributed by atoms with E-state index >= 15 is 0 Å². The van der Waals surface area contributed by atoms with Gasteiger partial charge in [-0.3, -0.25) is 9.48 Å². The first-order valence-electron chi connectivity index (χ1n) is 9.93. The van der Waals surface area contributed by atoms with E-state index in [-0.39, 0.29) is 17.3 Å². The third-order valence-electron chi connectivity index (χ3n) is 5.28. The van der Waals surface area contributed by atoms with Crippen LogP contribution in [0, 0.1) is 13.8 Å². The van der Waals surface area contributed by atoms with Crippen LogP contribution < -0.4 is 10.6 Å². The fourth-order valence-corrected chi connectivity index (χ4v) is 5.01. The van der Waals surface area contributed by atoms with Crippen molar-refractivity contribution >= 4 is 27.3 Å². The van der Waals surface area contributed by atoms with E-state index in [9.17, 15) is 13.2 Å². The second-order valence-electron chi connectivity index (χ2n) is 7.41. The smallest absolute Gasteiger partial charge is 0.243 e. The van der Waals surface area contributed by atoms with Gasteiger partial charge in [-0.15, -0.1) is 0 Å². The summed E-state index contributed by atoms with van der Waals surface area (Å²) in [6, 6.07) is 6.57. The van der Waals surface area contributed by atoms with E-state index in [4.69, 9.17) is 0 Å². The minimum Gasteiger partial charge on any atom is -0.376 e. The highest BCUT2D eigenvalue weighted by molar-refractivity contribution is 7.89. The number of hydrogen-bond donors (Lipinski definition) is 2. The van der Waals surface area contributed by atoms with Crippen LogP contribution in [0.2, 0.25) is 0 Å². The zero-order valence-electron chi connectivity index (χ0n) is 17.2. The Bertz CT molecular complexity index is 959. The summed E-state index contributed by atoms with van der Waals surface area (Å²) in [5.41, 5.74) is 3.06. The van der Waals surface area contributed by atoms with Crippen LogP contribution in [0.15, 0.2) is 29.2 Å². The van der Waals surface area contributed by atoms with Crippen molar-refractivity contribution < 1.29 is 13.2 Å². The molecule has 0 unspecified atom stereocenters. The van der Waals surface area contributed by atoms with Gasteiger partial charge in [0.25, 0.3) is 0 Å². The summed E-state index contributed by atoms with van der Waals surface area (Å²) in [7, 11) is -1.63. The minimum absolute atomic E-state index is 0.0754. The van der Waals surface area contributed by atoms with Gasteiger partial charge in [0, 0.05) is 25.8 Å². The van der Waals surface area contributed by atoms with Gasteiger partial charge >= 0.3 is 0 Å². The molecule has 1 fully saturated rings. The summed E-state index contributed by atoms with van der Waals surface area (Å²) in [6.45, 7) is 4.98. The Balaban J connectivity index is 1.59. The molecule has 0 atom stereocenters. The lowest BCUT2D eigenvalue weighted by atomic mass is 10.2. The van der Waals surface area contributed by atoms with Crippen molar-refractivity contribution in [3.8, 4) is 0 Å². The number of amides is 1. The maximum atomic E-state index is 12.8. The van der Waals surface area contributed by atoms with Crippen molar-refractivity contribution in [1.29, 1.82) is 0 Å². The zero-order chi connectivity index (χ0) is 21.0. The first kappa shape index (κ1) is 21.3. The first-order chi connectivity index (χ1) is 13.8. The molecule has 1 aliphatic heterocycles. The number of aromatic nitrogens is 2. The fraction of sp³-hybridized carbons (Fsp3) is 0.500. The van der Waals surface area contributed by atoms with Crippen LogP contribution in [-0.2, 0) is 21.9 Å². The molecule has 1 aliphatic rings. The van der Waals surface area contributed by atoms with E-state index in [1.807, 2.05) is 20.9 Å². The monoisotopic (exact) mass is 419 g/mol. The number of nitrogens with one attached hydrogen (secondary N) is 2. The number of benzene rings is 1. The van der Waals surface area contributed by atoms with Crippen molar-refractivity contribution in [3.05, 3.63) is 35.7 Å². The predicted octanol–water partition coefficient (Wildman–Crippen LogP) is 2.65. The van der Waals surface area contributed by atoms with Crippen molar-refractivity contribution in [2.45, 2.75) is 44.4 Å². The number of anilines is 2. The molecule has 8 nitrogen and oxygen atoms in total. The largest absolute Gasteiger partial charge is 0.376 e. The molecule has 2 N–H and O–H groups in total. The number of hydrogen-bond acceptors (Lipinski definition) is 5. The quantitative estimate of drug-likeness (QED) is 0.750. The van der Waals surface area contributed by atoms with Gasteiger partial charge in [-0.2, -0.15) is 9.40 Å². The molecule has 158 valence electrons. The predicted molar refractivity (Wildman–Crippen MR) is 113 cm³/mol. The molecule has 0 spiro atoms. The van der Waals surface area contributed by atoms with E-state index in [1.54, 1.807) is 33.3 Å². The standard InChI is InChI=1S/C20H29N5O3S/c1-15-20(16(2)24(3)23-15)22-19(26)14-21-17-8-10-18(11-9-17)29(27,28)25-12-6-4-5-7-13-25/h8-11,21H,4-7,12-14H2,1-3H3,(H,22,26). The number of carbonyl (C=O) groups excluding carboxylic acids is 1. The van der Waals surface area contributed by atoms with Gasteiger partial charge in [0.05, 0.1) is 28.5 Å².